The van der Waals surface area contributed by atoms with E-state index in [2.05, 4.69) is 10.6 Å². The van der Waals surface area contributed by atoms with Gasteiger partial charge in [-0.25, -0.2) is 4.79 Å². The molecule has 0 aliphatic rings. The second kappa shape index (κ2) is 9.73. The second-order valence-corrected chi connectivity index (χ2v) is 5.32. The molecule has 2 aromatic carbocycles. The van der Waals surface area contributed by atoms with Crippen molar-refractivity contribution in [2.24, 2.45) is 0 Å². The third-order valence-electron chi connectivity index (χ3n) is 3.45. The molecule has 0 saturated carbocycles. The van der Waals surface area contributed by atoms with Gasteiger partial charge < -0.3 is 15.4 Å². The summed E-state index contributed by atoms with van der Waals surface area (Å²) in [6.07, 6.45) is -0.379. The third-order valence-corrected chi connectivity index (χ3v) is 3.45. The summed E-state index contributed by atoms with van der Waals surface area (Å²) in [4.78, 5) is 24.2. The maximum Gasteiger partial charge on any atom is 0.408 e. The van der Waals surface area contributed by atoms with Gasteiger partial charge in [-0.2, -0.15) is 5.26 Å². The van der Waals surface area contributed by atoms with E-state index in [1.807, 2.05) is 66.7 Å². The number of nitrogens with one attached hydrogen (secondary N) is 2. The van der Waals surface area contributed by atoms with Gasteiger partial charge in [-0.15, -0.1) is 0 Å². The normalized spacial score (nSPS) is 11.0. The van der Waals surface area contributed by atoms with E-state index in [1.54, 1.807) is 0 Å². The first kappa shape index (κ1) is 18.0. The van der Waals surface area contributed by atoms with Gasteiger partial charge in [0, 0.05) is 6.42 Å². The number of ether oxygens (including phenoxy) is 1. The first-order valence-electron chi connectivity index (χ1n) is 7.85. The molecule has 2 N–H and O–H groups in total. The Morgan fingerprint density at radius 1 is 1.00 bits per heavy atom. The maximum absolute atomic E-state index is 12.2. The predicted molar refractivity (Wildman–Crippen MR) is 92.3 cm³/mol. The molecular weight excluding hydrogens is 318 g/mol. The van der Waals surface area contributed by atoms with E-state index in [4.69, 9.17) is 10.00 Å². The van der Waals surface area contributed by atoms with E-state index in [1.165, 1.54) is 0 Å². The zero-order valence-corrected chi connectivity index (χ0v) is 13.6. The fourth-order valence-electron chi connectivity index (χ4n) is 2.22. The summed E-state index contributed by atoms with van der Waals surface area (Å²) in [6.45, 7) is -0.00455. The van der Waals surface area contributed by atoms with E-state index in [0.717, 1.165) is 11.1 Å². The average molecular weight is 337 g/mol. The molecule has 0 radical (unpaired) electrons. The number of hydrogen-bond donors (Lipinski definition) is 2. The molecule has 0 saturated heterocycles. The Hall–Kier alpha value is -3.33. The summed E-state index contributed by atoms with van der Waals surface area (Å²) in [5.41, 5.74) is 1.74. The Bertz CT molecular complexity index is 727. The minimum absolute atomic E-state index is 0.116. The molecule has 0 aliphatic heterocycles. The number of hydrogen-bond acceptors (Lipinski definition) is 4. The van der Waals surface area contributed by atoms with Crippen molar-refractivity contribution in [2.45, 2.75) is 19.1 Å². The number of benzene rings is 2. The summed E-state index contributed by atoms with van der Waals surface area (Å²) >= 11 is 0. The lowest BCUT2D eigenvalue weighted by Crippen LogP contribution is -2.48. The molecule has 25 heavy (non-hydrogen) atoms. The summed E-state index contributed by atoms with van der Waals surface area (Å²) in [5.74, 6) is -0.429. The second-order valence-electron chi connectivity index (χ2n) is 5.32. The fourth-order valence-corrected chi connectivity index (χ4v) is 2.22. The van der Waals surface area contributed by atoms with Gasteiger partial charge in [0.15, 0.2) is 0 Å². The van der Waals surface area contributed by atoms with Crippen LogP contribution in [0, 0.1) is 11.3 Å². The van der Waals surface area contributed by atoms with Crippen LogP contribution in [0.25, 0.3) is 0 Å². The molecule has 0 aliphatic carbocycles. The van der Waals surface area contributed by atoms with E-state index in [0.29, 0.717) is 6.42 Å². The number of nitrogens with zero attached hydrogens (tertiary/aromatic N) is 1. The molecule has 0 unspecified atom stereocenters. The molecule has 1 atom stereocenters. The van der Waals surface area contributed by atoms with Crippen LogP contribution >= 0.6 is 0 Å². The highest BCUT2D eigenvalue weighted by Crippen LogP contribution is 2.05. The Morgan fingerprint density at radius 3 is 2.20 bits per heavy atom. The van der Waals surface area contributed by atoms with Gasteiger partial charge in [-0.05, 0) is 11.1 Å². The van der Waals surface area contributed by atoms with Crippen molar-refractivity contribution in [3.05, 3.63) is 71.8 Å². The van der Waals surface area contributed by atoms with Gasteiger partial charge in [-0.1, -0.05) is 60.7 Å². The molecule has 2 amide bonds. The van der Waals surface area contributed by atoms with E-state index < -0.39 is 18.0 Å². The van der Waals surface area contributed by atoms with Crippen molar-refractivity contribution in [3.8, 4) is 6.07 Å². The monoisotopic (exact) mass is 337 g/mol. The van der Waals surface area contributed by atoms with Crippen LogP contribution in [0.4, 0.5) is 4.79 Å². The SMILES string of the molecule is N#CCNC(=O)[C@H](Cc1ccccc1)NC(=O)OCc1ccccc1. The highest BCUT2D eigenvalue weighted by Gasteiger charge is 2.21. The quantitative estimate of drug-likeness (QED) is 0.758. The van der Waals surface area contributed by atoms with Crippen molar-refractivity contribution in [3.63, 3.8) is 0 Å². The van der Waals surface area contributed by atoms with E-state index >= 15 is 0 Å². The van der Waals surface area contributed by atoms with Gasteiger partial charge in [-0.3, -0.25) is 4.79 Å². The Labute approximate surface area is 146 Å². The molecule has 0 spiro atoms. The molecule has 0 bridgehead atoms. The topological polar surface area (TPSA) is 91.2 Å². The van der Waals surface area contributed by atoms with Crippen molar-refractivity contribution >= 4 is 12.0 Å². The Morgan fingerprint density at radius 2 is 1.60 bits per heavy atom. The van der Waals surface area contributed by atoms with E-state index in [-0.39, 0.29) is 13.2 Å². The molecule has 6 heteroatoms. The molecule has 0 fully saturated rings. The van der Waals surface area contributed by atoms with Crippen molar-refractivity contribution in [1.82, 2.24) is 10.6 Å². The summed E-state index contributed by atoms with van der Waals surface area (Å²) < 4.78 is 5.16. The first-order valence-corrected chi connectivity index (χ1v) is 7.85. The molecular formula is C19H19N3O3. The lowest BCUT2D eigenvalue weighted by molar-refractivity contribution is -0.122. The molecule has 6 nitrogen and oxygen atoms in total. The largest absolute Gasteiger partial charge is 0.445 e. The zero-order chi connectivity index (χ0) is 17.9. The molecule has 128 valence electrons. The number of rotatable bonds is 7. The summed E-state index contributed by atoms with van der Waals surface area (Å²) in [5, 5.41) is 13.6. The first-order chi connectivity index (χ1) is 12.2. The minimum atomic E-state index is -0.820. The molecule has 0 aromatic heterocycles. The van der Waals surface area contributed by atoms with Gasteiger partial charge in [0.05, 0.1) is 6.07 Å². The highest BCUT2D eigenvalue weighted by atomic mass is 16.5. The van der Waals surface area contributed by atoms with Gasteiger partial charge in [0.1, 0.15) is 19.2 Å². The summed E-state index contributed by atoms with van der Waals surface area (Å²) in [7, 11) is 0. The number of nitriles is 1. The van der Waals surface area contributed by atoms with Crippen LogP contribution in [0.2, 0.25) is 0 Å². The number of carbonyl (C=O) groups excluding carboxylic acids is 2. The lowest BCUT2D eigenvalue weighted by atomic mass is 10.1. The maximum atomic E-state index is 12.2. The van der Waals surface area contributed by atoms with Crippen molar-refractivity contribution < 1.29 is 14.3 Å². The van der Waals surface area contributed by atoms with Crippen molar-refractivity contribution in [2.75, 3.05) is 6.54 Å². The van der Waals surface area contributed by atoms with Crippen LogP contribution in [0.5, 0.6) is 0 Å². The smallest absolute Gasteiger partial charge is 0.408 e. The van der Waals surface area contributed by atoms with Crippen LogP contribution in [0.1, 0.15) is 11.1 Å². The highest BCUT2D eigenvalue weighted by molar-refractivity contribution is 5.86. The van der Waals surface area contributed by atoms with Crippen LogP contribution in [-0.4, -0.2) is 24.6 Å². The number of alkyl carbamates (subject to hydrolysis) is 1. The number of carbonyl (C=O) groups is 2. The van der Waals surface area contributed by atoms with Crippen LogP contribution < -0.4 is 10.6 Å². The van der Waals surface area contributed by atoms with Gasteiger partial charge in [0.2, 0.25) is 5.91 Å². The van der Waals surface area contributed by atoms with Gasteiger partial charge in [0.25, 0.3) is 0 Å². The van der Waals surface area contributed by atoms with E-state index in [9.17, 15) is 9.59 Å². The average Bonchev–Trinajstić information content (AvgIpc) is 2.65. The fraction of sp³-hybridized carbons (Fsp3) is 0.211. The summed E-state index contributed by atoms with van der Waals surface area (Å²) in [6, 6.07) is 19.6. The van der Waals surface area contributed by atoms with Crippen LogP contribution in [-0.2, 0) is 22.6 Å². The minimum Gasteiger partial charge on any atom is -0.445 e. The van der Waals surface area contributed by atoms with Crippen LogP contribution in [0.3, 0.4) is 0 Å². The predicted octanol–water partition coefficient (Wildman–Crippen LogP) is 2.16. The molecule has 2 rings (SSSR count). The molecule has 0 heterocycles. The number of amides is 2. The van der Waals surface area contributed by atoms with Gasteiger partial charge >= 0.3 is 6.09 Å². The Balaban J connectivity index is 1.95. The lowest BCUT2D eigenvalue weighted by Gasteiger charge is -2.17. The van der Waals surface area contributed by atoms with Crippen LogP contribution in [0.15, 0.2) is 60.7 Å². The Kier molecular flexibility index (Phi) is 7.01. The molecule has 2 aromatic rings. The third kappa shape index (κ3) is 6.36. The standard InChI is InChI=1S/C19H19N3O3/c20-11-12-21-18(23)17(13-15-7-3-1-4-8-15)22-19(24)25-14-16-9-5-2-6-10-16/h1-10,17H,12-14H2,(H,21,23)(H,22,24)/t17-/m0/s1. The van der Waals surface area contributed by atoms with Crippen molar-refractivity contribution in [1.29, 1.82) is 5.26 Å². The zero-order valence-electron chi connectivity index (χ0n) is 13.6.